The number of carboxylic acids is 1. The van der Waals surface area contributed by atoms with E-state index in [1.54, 1.807) is 0 Å². The summed E-state index contributed by atoms with van der Waals surface area (Å²) in [6.07, 6.45) is 4.54. The molecule has 4 aromatic rings. The number of unbranched alkanes of at least 4 members (excludes halogenated alkanes) is 4. The van der Waals surface area contributed by atoms with Crippen LogP contribution in [0.3, 0.4) is 0 Å². The van der Waals surface area contributed by atoms with Crippen LogP contribution in [0.1, 0.15) is 38.5 Å². The molecule has 35 heavy (non-hydrogen) atoms. The van der Waals surface area contributed by atoms with E-state index in [-0.39, 0.29) is 36.0 Å². The van der Waals surface area contributed by atoms with Crippen molar-refractivity contribution in [3.63, 3.8) is 0 Å². The zero-order valence-corrected chi connectivity index (χ0v) is 22.2. The second-order valence-corrected chi connectivity index (χ2v) is 8.23. The average molecular weight is 477 g/mol. The number of carbonyl (C=O) groups is 1. The van der Waals surface area contributed by atoms with Gasteiger partial charge in [0.2, 0.25) is 0 Å². The number of nitrogens with zero attached hydrogens (tertiary/aromatic N) is 2. The van der Waals surface area contributed by atoms with Gasteiger partial charge in [0.15, 0.2) is 0 Å². The van der Waals surface area contributed by atoms with E-state index in [4.69, 9.17) is 9.72 Å². The van der Waals surface area contributed by atoms with Crippen molar-refractivity contribution in [3.8, 4) is 34.2 Å². The van der Waals surface area contributed by atoms with Gasteiger partial charge in [-0.1, -0.05) is 98.1 Å². The van der Waals surface area contributed by atoms with Gasteiger partial charge < -0.3 is 14.6 Å². The summed E-state index contributed by atoms with van der Waals surface area (Å²) < 4.78 is 8.34. The Hall–Kier alpha value is -2.86. The molecule has 0 aliphatic carbocycles. The second-order valence-electron chi connectivity index (χ2n) is 8.23. The van der Waals surface area contributed by atoms with Crippen molar-refractivity contribution >= 4 is 5.97 Å². The van der Waals surface area contributed by atoms with Crippen molar-refractivity contribution in [1.82, 2.24) is 9.55 Å². The third-order valence-corrected chi connectivity index (χ3v) is 5.71. The Morgan fingerprint density at radius 2 is 1.29 bits per heavy atom. The van der Waals surface area contributed by atoms with Crippen molar-refractivity contribution in [2.75, 3.05) is 6.61 Å². The first-order valence-electron chi connectivity index (χ1n) is 11.9. The molecule has 0 saturated carbocycles. The fourth-order valence-corrected chi connectivity index (χ4v) is 4.04. The van der Waals surface area contributed by atoms with Crippen LogP contribution in [0.15, 0.2) is 91.0 Å². The van der Waals surface area contributed by atoms with Gasteiger partial charge in [0.25, 0.3) is 0 Å². The van der Waals surface area contributed by atoms with Crippen LogP contribution in [-0.4, -0.2) is 22.1 Å². The van der Waals surface area contributed by atoms with E-state index < -0.39 is 5.97 Å². The number of aliphatic carboxylic acids is 1. The molecule has 4 rings (SSSR count). The Morgan fingerprint density at radius 1 is 0.743 bits per heavy atom. The molecule has 0 unspecified atom stereocenters. The summed E-state index contributed by atoms with van der Waals surface area (Å²) in [4.78, 5) is 15.5. The molecule has 0 spiro atoms. The largest absolute Gasteiger partial charge is 1.00 e. The first kappa shape index (κ1) is 26.7. The molecule has 3 aromatic carbocycles. The number of hydrogen-bond donors (Lipinski definition) is 0. The van der Waals surface area contributed by atoms with Gasteiger partial charge in [0.1, 0.15) is 5.69 Å². The number of para-hydroxylation sites is 1. The molecule has 6 heteroatoms. The third-order valence-electron chi connectivity index (χ3n) is 5.71. The van der Waals surface area contributed by atoms with Crippen LogP contribution >= 0.6 is 0 Å². The first-order valence-corrected chi connectivity index (χ1v) is 11.9. The summed E-state index contributed by atoms with van der Waals surface area (Å²) in [5.41, 5.74) is 4.98. The van der Waals surface area contributed by atoms with Gasteiger partial charge in [-0.2, -0.15) is 4.98 Å². The number of carbonyl (C=O) groups excluding carboxylic acids is 1. The Labute approximate surface area is 229 Å². The van der Waals surface area contributed by atoms with E-state index in [0.29, 0.717) is 19.0 Å². The summed E-state index contributed by atoms with van der Waals surface area (Å²) >= 11 is 0. The van der Waals surface area contributed by atoms with Gasteiger partial charge in [-0.25, -0.2) is 0 Å². The maximum absolute atomic E-state index is 10.5. The van der Waals surface area contributed by atoms with E-state index >= 15 is 0 Å². The van der Waals surface area contributed by atoms with E-state index in [0.717, 1.165) is 53.9 Å². The number of aromatic nitrogens is 2. The molecular weight excluding hydrogens is 447 g/mol. The maximum atomic E-state index is 10.5. The quantitative estimate of drug-likeness (QED) is 0.233. The van der Waals surface area contributed by atoms with Crippen LogP contribution in [-0.2, 0) is 4.79 Å². The topological polar surface area (TPSA) is 67.2 Å². The number of imidazole rings is 1. The molecular formula is C29H29N2NaO3. The molecule has 0 N–H and O–H groups in total. The van der Waals surface area contributed by atoms with Crippen LogP contribution in [0.2, 0.25) is 0 Å². The summed E-state index contributed by atoms with van der Waals surface area (Å²) in [5.74, 6) is -0.973. The minimum atomic E-state index is -0.973. The van der Waals surface area contributed by atoms with Crippen molar-refractivity contribution in [3.05, 3.63) is 91.0 Å². The normalized spacial score (nSPS) is 10.5. The Balaban J connectivity index is 0.00000342. The van der Waals surface area contributed by atoms with Crippen LogP contribution in [0.5, 0.6) is 6.01 Å². The molecule has 0 radical (unpaired) electrons. The Morgan fingerprint density at radius 3 is 1.91 bits per heavy atom. The fraction of sp³-hybridized carbons (Fsp3) is 0.241. The third kappa shape index (κ3) is 7.31. The minimum absolute atomic E-state index is 0. The summed E-state index contributed by atoms with van der Waals surface area (Å²) in [6, 6.07) is 31.2. The number of benzene rings is 3. The second kappa shape index (κ2) is 13.9. The molecule has 0 fully saturated rings. The molecule has 0 saturated heterocycles. The number of carboxylic acid groups (broad SMARTS) is 1. The number of hydrogen-bond acceptors (Lipinski definition) is 4. The smallest absolute Gasteiger partial charge is 0.550 e. The summed E-state index contributed by atoms with van der Waals surface area (Å²) in [5, 5.41) is 10.5. The molecule has 1 heterocycles. The van der Waals surface area contributed by atoms with Crippen molar-refractivity contribution < 1.29 is 44.2 Å². The van der Waals surface area contributed by atoms with Crippen LogP contribution < -0.4 is 39.4 Å². The molecule has 0 atom stereocenters. The Bertz CT molecular complexity index is 1180. The van der Waals surface area contributed by atoms with Crippen LogP contribution in [0.25, 0.3) is 28.2 Å². The average Bonchev–Trinajstić information content (AvgIpc) is 3.26. The fourth-order valence-electron chi connectivity index (χ4n) is 4.04. The van der Waals surface area contributed by atoms with Gasteiger partial charge in [0, 0.05) is 17.1 Å². The van der Waals surface area contributed by atoms with Crippen molar-refractivity contribution in [2.45, 2.75) is 38.5 Å². The molecule has 0 amide bonds. The van der Waals surface area contributed by atoms with Gasteiger partial charge in [-0.3, -0.25) is 4.57 Å². The molecule has 5 nitrogen and oxygen atoms in total. The van der Waals surface area contributed by atoms with Crippen LogP contribution in [0.4, 0.5) is 0 Å². The van der Waals surface area contributed by atoms with E-state index in [9.17, 15) is 9.90 Å². The van der Waals surface area contributed by atoms with Gasteiger partial charge in [-0.05, 0) is 31.4 Å². The van der Waals surface area contributed by atoms with Crippen molar-refractivity contribution in [2.24, 2.45) is 0 Å². The molecule has 0 aliphatic rings. The molecule has 174 valence electrons. The van der Waals surface area contributed by atoms with Gasteiger partial charge >= 0.3 is 35.6 Å². The maximum Gasteiger partial charge on any atom is 1.00 e. The number of ether oxygens (including phenoxy) is 1. The summed E-state index contributed by atoms with van der Waals surface area (Å²) in [7, 11) is 0. The van der Waals surface area contributed by atoms with Crippen LogP contribution in [0, 0.1) is 0 Å². The van der Waals surface area contributed by atoms with Gasteiger partial charge in [0.05, 0.1) is 18.0 Å². The first-order chi connectivity index (χ1) is 16.7. The number of rotatable bonds is 12. The van der Waals surface area contributed by atoms with Crippen molar-refractivity contribution in [1.29, 1.82) is 0 Å². The van der Waals surface area contributed by atoms with E-state index in [2.05, 4.69) is 41.0 Å². The van der Waals surface area contributed by atoms with E-state index in [1.165, 1.54) is 0 Å². The molecule has 0 aliphatic heterocycles. The minimum Gasteiger partial charge on any atom is -0.550 e. The standard InChI is InChI=1S/C29H30N2O3.Na/c32-26(33)21-13-2-1-3-14-22-34-29-30-27(23-15-7-4-8-16-23)28(24-17-9-5-10-18-24)31(29)25-19-11-6-12-20-25;/h4-12,15-20H,1-3,13-14,21-22H2,(H,32,33);/q;+1/p-1. The van der Waals surface area contributed by atoms with Gasteiger partial charge in [-0.15, -0.1) is 0 Å². The predicted octanol–water partition coefficient (Wildman–Crippen LogP) is 2.68. The zero-order chi connectivity index (χ0) is 23.6. The monoisotopic (exact) mass is 476 g/mol. The predicted molar refractivity (Wildman–Crippen MR) is 133 cm³/mol. The summed E-state index contributed by atoms with van der Waals surface area (Å²) in [6.45, 7) is 0.548. The Kier molecular flexibility index (Phi) is 10.6. The zero-order valence-electron chi connectivity index (χ0n) is 20.2. The molecule has 1 aromatic heterocycles. The SMILES string of the molecule is O=C([O-])CCCCCCCOc1nc(-c2ccccc2)c(-c2ccccc2)n1-c1ccccc1.[Na+]. The van der Waals surface area contributed by atoms with E-state index in [1.807, 2.05) is 54.6 Å². The molecule has 0 bridgehead atoms.